The number of hydrogen-bond acceptors (Lipinski definition) is 10. The molecule has 14 nitrogen and oxygen atoms in total. The topological polar surface area (TPSA) is 185 Å². The molecule has 1 aliphatic heterocycles. The van der Waals surface area contributed by atoms with Gasteiger partial charge in [0.25, 0.3) is 5.91 Å². The van der Waals surface area contributed by atoms with Gasteiger partial charge in [-0.15, -0.1) is 0 Å². The number of carbonyl (C=O) groups is 5. The fraction of sp³-hybridized carbons (Fsp3) is 0.485. The Labute approximate surface area is 273 Å². The molecule has 0 aliphatic carbocycles. The first-order chi connectivity index (χ1) is 22.4. The number of Topliss-reactive ketones (excluding diaryl/α,β-unsaturated/α-hetero) is 1. The maximum absolute atomic E-state index is 13.7. The van der Waals surface area contributed by atoms with Crippen molar-refractivity contribution >= 4 is 40.4 Å². The monoisotopic (exact) mass is 649 g/mol. The van der Waals surface area contributed by atoms with E-state index in [9.17, 15) is 24.0 Å². The second kappa shape index (κ2) is 15.6. The van der Waals surface area contributed by atoms with Crippen molar-refractivity contribution in [1.82, 2.24) is 35.8 Å². The molecule has 0 spiro atoms. The van der Waals surface area contributed by atoms with Crippen LogP contribution < -0.4 is 20.7 Å². The third-order valence-electron chi connectivity index (χ3n) is 7.94. The quantitative estimate of drug-likeness (QED) is 0.177. The molecule has 1 fully saturated rings. The summed E-state index contributed by atoms with van der Waals surface area (Å²) in [5.41, 5.74) is 1.96. The molecule has 3 amide bonds. The van der Waals surface area contributed by atoms with Crippen LogP contribution in [0.2, 0.25) is 0 Å². The van der Waals surface area contributed by atoms with Crippen LogP contribution in [0.4, 0.5) is 0 Å². The van der Waals surface area contributed by atoms with Crippen LogP contribution in [0.5, 0.6) is 5.75 Å². The van der Waals surface area contributed by atoms with Crippen molar-refractivity contribution in [3.8, 4) is 5.75 Å². The van der Waals surface area contributed by atoms with E-state index in [-0.39, 0.29) is 35.9 Å². The zero-order chi connectivity index (χ0) is 34.2. The van der Waals surface area contributed by atoms with Gasteiger partial charge >= 0.3 is 5.97 Å². The van der Waals surface area contributed by atoms with Crippen molar-refractivity contribution in [2.45, 2.75) is 58.7 Å². The lowest BCUT2D eigenvalue weighted by Crippen LogP contribution is -2.53. The number of ether oxygens (including phenoxy) is 2. The van der Waals surface area contributed by atoms with Gasteiger partial charge in [0.05, 0.1) is 24.5 Å². The largest absolute Gasteiger partial charge is 0.496 e. The number of hydrogen-bond donors (Lipinski definition) is 4. The van der Waals surface area contributed by atoms with Crippen LogP contribution in [0.25, 0.3) is 10.9 Å². The van der Waals surface area contributed by atoms with Crippen LogP contribution in [0.3, 0.4) is 0 Å². The molecule has 1 saturated heterocycles. The van der Waals surface area contributed by atoms with E-state index in [1.54, 1.807) is 25.1 Å². The fourth-order valence-electron chi connectivity index (χ4n) is 5.58. The van der Waals surface area contributed by atoms with E-state index in [0.29, 0.717) is 47.6 Å². The number of fused-ring (bicyclic) bond motifs is 1. The SMILES string of the molecule is COc1cccc2[nH]c(C(=O)N[C@@H](CC(C)C)C(=O)N[C@@H](C[C@@H]3CCNC3=O)C(=O)COC(=O)c3c(C)ncnc3CN(C)C)cc12. The lowest BCUT2D eigenvalue weighted by molar-refractivity contribution is -0.131. The Kier molecular flexibility index (Phi) is 11.6. The van der Waals surface area contributed by atoms with E-state index in [0.717, 1.165) is 0 Å². The van der Waals surface area contributed by atoms with Gasteiger partial charge in [-0.1, -0.05) is 19.9 Å². The number of aryl methyl sites for hydroxylation is 1. The zero-order valence-electron chi connectivity index (χ0n) is 27.6. The average molecular weight is 650 g/mol. The third kappa shape index (κ3) is 8.91. The Hall–Kier alpha value is -4.85. The molecule has 4 rings (SSSR count). The van der Waals surface area contributed by atoms with Crippen LogP contribution in [0, 0.1) is 18.8 Å². The van der Waals surface area contributed by atoms with Crippen molar-refractivity contribution in [3.05, 3.63) is 53.2 Å². The number of esters is 1. The van der Waals surface area contributed by atoms with Crippen molar-refractivity contribution in [1.29, 1.82) is 0 Å². The van der Waals surface area contributed by atoms with Gasteiger partial charge in [0, 0.05) is 29.9 Å². The van der Waals surface area contributed by atoms with Gasteiger partial charge in [-0.25, -0.2) is 14.8 Å². The molecule has 3 atom stereocenters. The molecule has 47 heavy (non-hydrogen) atoms. The molecule has 0 radical (unpaired) electrons. The maximum Gasteiger partial charge on any atom is 0.342 e. The highest BCUT2D eigenvalue weighted by Gasteiger charge is 2.34. The summed E-state index contributed by atoms with van der Waals surface area (Å²) in [6.45, 7) is 5.63. The number of methoxy groups -OCH3 is 1. The molecule has 4 N–H and O–H groups in total. The lowest BCUT2D eigenvalue weighted by Gasteiger charge is -2.25. The van der Waals surface area contributed by atoms with Crippen LogP contribution in [-0.2, 0) is 25.7 Å². The van der Waals surface area contributed by atoms with Crippen molar-refractivity contribution in [3.63, 3.8) is 0 Å². The molecular weight excluding hydrogens is 606 g/mol. The Balaban J connectivity index is 1.51. The summed E-state index contributed by atoms with van der Waals surface area (Å²) in [6.07, 6.45) is 2.14. The molecule has 3 aromatic rings. The molecule has 0 bridgehead atoms. The number of ketones is 1. The Bertz CT molecular complexity index is 1630. The summed E-state index contributed by atoms with van der Waals surface area (Å²) in [6, 6.07) is 4.89. The predicted molar refractivity (Wildman–Crippen MR) is 173 cm³/mol. The van der Waals surface area contributed by atoms with E-state index in [1.165, 1.54) is 13.4 Å². The third-order valence-corrected chi connectivity index (χ3v) is 7.94. The minimum Gasteiger partial charge on any atom is -0.496 e. The average Bonchev–Trinajstić information content (AvgIpc) is 3.64. The minimum absolute atomic E-state index is 0.0114. The first-order valence-electron chi connectivity index (χ1n) is 15.6. The molecule has 252 valence electrons. The first-order valence-corrected chi connectivity index (χ1v) is 15.6. The highest BCUT2D eigenvalue weighted by atomic mass is 16.5. The number of benzene rings is 1. The van der Waals surface area contributed by atoms with Crippen LogP contribution >= 0.6 is 0 Å². The number of aromatic amines is 1. The number of H-pyrrole nitrogens is 1. The van der Waals surface area contributed by atoms with Gasteiger partial charge in [0.15, 0.2) is 12.4 Å². The lowest BCUT2D eigenvalue weighted by atomic mass is 9.95. The van der Waals surface area contributed by atoms with Gasteiger partial charge in [-0.05, 0) is 64.4 Å². The summed E-state index contributed by atoms with van der Waals surface area (Å²) >= 11 is 0. The highest BCUT2D eigenvalue weighted by Crippen LogP contribution is 2.26. The van der Waals surface area contributed by atoms with Gasteiger partial charge in [-0.2, -0.15) is 0 Å². The molecular formula is C33H43N7O7. The van der Waals surface area contributed by atoms with Crippen LogP contribution in [0.15, 0.2) is 30.6 Å². The molecule has 1 aliphatic rings. The fourth-order valence-corrected chi connectivity index (χ4v) is 5.58. The van der Waals surface area contributed by atoms with Gasteiger partial charge in [0.1, 0.15) is 29.4 Å². The molecule has 0 unspecified atom stereocenters. The van der Waals surface area contributed by atoms with Gasteiger partial charge in [0.2, 0.25) is 11.8 Å². The Morgan fingerprint density at radius 3 is 2.53 bits per heavy atom. The first kappa shape index (κ1) is 35.0. The van der Waals surface area contributed by atoms with E-state index in [2.05, 4.69) is 30.9 Å². The zero-order valence-corrected chi connectivity index (χ0v) is 27.6. The Morgan fingerprint density at radius 1 is 1.11 bits per heavy atom. The number of aromatic nitrogens is 3. The molecule has 14 heteroatoms. The summed E-state index contributed by atoms with van der Waals surface area (Å²) in [5.74, 6) is -2.59. The second-order valence-electron chi connectivity index (χ2n) is 12.4. The van der Waals surface area contributed by atoms with Crippen LogP contribution in [0.1, 0.15) is 65.3 Å². The number of nitrogens with zero attached hydrogens (tertiary/aromatic N) is 3. The Morgan fingerprint density at radius 2 is 1.87 bits per heavy atom. The smallest absolute Gasteiger partial charge is 0.342 e. The van der Waals surface area contributed by atoms with E-state index in [1.807, 2.05) is 38.9 Å². The second-order valence-corrected chi connectivity index (χ2v) is 12.4. The van der Waals surface area contributed by atoms with Gasteiger partial charge < -0.3 is 35.3 Å². The predicted octanol–water partition coefficient (Wildman–Crippen LogP) is 1.92. The summed E-state index contributed by atoms with van der Waals surface area (Å²) in [4.78, 5) is 79.3. The normalized spacial score (nSPS) is 15.7. The molecule has 3 heterocycles. The number of amides is 3. The van der Waals surface area contributed by atoms with E-state index >= 15 is 0 Å². The molecule has 1 aromatic carbocycles. The minimum atomic E-state index is -1.15. The maximum atomic E-state index is 13.7. The summed E-state index contributed by atoms with van der Waals surface area (Å²) in [5, 5.41) is 9.00. The van der Waals surface area contributed by atoms with Crippen molar-refractivity contribution in [2.24, 2.45) is 11.8 Å². The van der Waals surface area contributed by atoms with Crippen molar-refractivity contribution in [2.75, 3.05) is 34.4 Å². The van der Waals surface area contributed by atoms with E-state index in [4.69, 9.17) is 9.47 Å². The number of nitrogens with one attached hydrogen (secondary N) is 4. The molecule has 0 saturated carbocycles. The molecule has 2 aromatic heterocycles. The number of carbonyl (C=O) groups excluding carboxylic acids is 5. The highest BCUT2D eigenvalue weighted by molar-refractivity contribution is 6.02. The van der Waals surface area contributed by atoms with E-state index < -0.39 is 48.2 Å². The summed E-state index contributed by atoms with van der Waals surface area (Å²) in [7, 11) is 5.20. The summed E-state index contributed by atoms with van der Waals surface area (Å²) < 4.78 is 10.8. The van der Waals surface area contributed by atoms with Crippen LogP contribution in [-0.4, -0.2) is 95.8 Å². The number of rotatable bonds is 15. The van der Waals surface area contributed by atoms with Crippen molar-refractivity contribution < 1.29 is 33.4 Å². The standard InChI is InChI=1S/C33H43N7O7/c1-18(2)12-24(39-32(44)25-14-21-22(37-25)8-7-9-28(21)46-6)31(43)38-23(13-20-10-11-34-30(20)42)27(41)16-47-33(45)29-19(3)35-17-36-26(29)15-40(4)5/h7-9,14,17-18,20,23-24,37H,10-13,15-16H2,1-6H3,(H,34,42)(H,38,43)(H,39,44)/t20-,23-,24-/m0/s1. The van der Waals surface area contributed by atoms with Gasteiger partial charge in [-0.3, -0.25) is 19.2 Å².